The van der Waals surface area contributed by atoms with Crippen molar-refractivity contribution in [1.29, 1.82) is 0 Å². The molecule has 3 nitrogen and oxygen atoms in total. The summed E-state index contributed by atoms with van der Waals surface area (Å²) in [6.07, 6.45) is 2.62. The summed E-state index contributed by atoms with van der Waals surface area (Å²) in [7, 11) is -4.15. The SMILES string of the molecule is Cc1ccc(S(=O)(=O)O)c(C2(CCCl)CC2)c1. The fourth-order valence-corrected chi connectivity index (χ4v) is 3.42. The molecule has 1 saturated carbocycles. The Morgan fingerprint density at radius 3 is 2.53 bits per heavy atom. The Hall–Kier alpha value is -0.580. The number of hydrogen-bond donors (Lipinski definition) is 1. The summed E-state index contributed by atoms with van der Waals surface area (Å²) in [4.78, 5) is 0.0331. The van der Waals surface area contributed by atoms with Crippen LogP contribution in [0.3, 0.4) is 0 Å². The van der Waals surface area contributed by atoms with Crippen molar-refractivity contribution in [3.05, 3.63) is 29.3 Å². The van der Waals surface area contributed by atoms with Crippen LogP contribution in [0, 0.1) is 6.92 Å². The van der Waals surface area contributed by atoms with Crippen LogP contribution in [0.1, 0.15) is 30.4 Å². The van der Waals surface area contributed by atoms with Crippen LogP contribution in [-0.4, -0.2) is 18.9 Å². The second kappa shape index (κ2) is 4.26. The quantitative estimate of drug-likeness (QED) is 0.678. The Balaban J connectivity index is 2.56. The molecule has 0 aromatic heterocycles. The van der Waals surface area contributed by atoms with E-state index < -0.39 is 10.1 Å². The molecule has 5 heteroatoms. The lowest BCUT2D eigenvalue weighted by atomic mass is 9.92. The van der Waals surface area contributed by atoms with Crippen LogP contribution in [0.2, 0.25) is 0 Å². The minimum absolute atomic E-state index is 0.0331. The van der Waals surface area contributed by atoms with Gasteiger partial charge < -0.3 is 0 Å². The summed E-state index contributed by atoms with van der Waals surface area (Å²) >= 11 is 5.77. The first-order valence-electron chi connectivity index (χ1n) is 5.54. The van der Waals surface area contributed by atoms with Crippen LogP contribution in [0.4, 0.5) is 0 Å². The van der Waals surface area contributed by atoms with Crippen molar-refractivity contribution in [2.24, 2.45) is 0 Å². The lowest BCUT2D eigenvalue weighted by molar-refractivity contribution is 0.479. The van der Waals surface area contributed by atoms with Crippen molar-refractivity contribution >= 4 is 21.7 Å². The molecule has 1 aromatic carbocycles. The highest BCUT2D eigenvalue weighted by atomic mass is 35.5. The topological polar surface area (TPSA) is 54.4 Å². The van der Waals surface area contributed by atoms with E-state index in [2.05, 4.69) is 0 Å². The molecule has 1 N–H and O–H groups in total. The molecule has 0 saturated heterocycles. The zero-order valence-corrected chi connectivity index (χ0v) is 11.2. The normalized spacial score (nSPS) is 18.1. The van der Waals surface area contributed by atoms with Crippen molar-refractivity contribution in [3.8, 4) is 0 Å². The second-order valence-electron chi connectivity index (χ2n) is 4.69. The molecule has 0 amide bonds. The molecule has 0 aliphatic heterocycles. The van der Waals surface area contributed by atoms with Crippen LogP contribution in [-0.2, 0) is 15.5 Å². The van der Waals surface area contributed by atoms with E-state index in [1.807, 2.05) is 13.0 Å². The molecule has 0 atom stereocenters. The maximum Gasteiger partial charge on any atom is 0.294 e. The van der Waals surface area contributed by atoms with Crippen molar-refractivity contribution in [1.82, 2.24) is 0 Å². The van der Waals surface area contributed by atoms with Gasteiger partial charge in [-0.2, -0.15) is 8.42 Å². The molecule has 0 spiro atoms. The van der Waals surface area contributed by atoms with Crippen LogP contribution in [0.15, 0.2) is 23.1 Å². The predicted octanol–water partition coefficient (Wildman–Crippen LogP) is 2.90. The highest BCUT2D eigenvalue weighted by Gasteiger charge is 2.46. The molecule has 1 aliphatic rings. The summed E-state index contributed by atoms with van der Waals surface area (Å²) in [5.41, 5.74) is 1.58. The van der Waals surface area contributed by atoms with Crippen molar-refractivity contribution in [3.63, 3.8) is 0 Å². The van der Waals surface area contributed by atoms with Gasteiger partial charge in [-0.25, -0.2) is 0 Å². The fourth-order valence-electron chi connectivity index (χ4n) is 2.27. The first-order chi connectivity index (χ1) is 7.89. The molecule has 0 heterocycles. The van der Waals surface area contributed by atoms with Gasteiger partial charge in [0, 0.05) is 5.88 Å². The van der Waals surface area contributed by atoms with Crippen LogP contribution in [0.25, 0.3) is 0 Å². The van der Waals surface area contributed by atoms with E-state index in [0.29, 0.717) is 5.88 Å². The van der Waals surface area contributed by atoms with E-state index in [4.69, 9.17) is 11.6 Å². The van der Waals surface area contributed by atoms with Gasteiger partial charge in [0.2, 0.25) is 0 Å². The van der Waals surface area contributed by atoms with E-state index in [1.54, 1.807) is 6.07 Å². The molecule has 2 rings (SSSR count). The summed E-state index contributed by atoms with van der Waals surface area (Å²) < 4.78 is 32.0. The first-order valence-corrected chi connectivity index (χ1v) is 7.51. The molecule has 94 valence electrons. The number of alkyl halides is 1. The van der Waals surface area contributed by atoms with Crippen LogP contribution < -0.4 is 0 Å². The number of hydrogen-bond acceptors (Lipinski definition) is 2. The van der Waals surface area contributed by atoms with Gasteiger partial charge in [0.15, 0.2) is 0 Å². The Bertz CT molecular complexity index is 533. The van der Waals surface area contributed by atoms with E-state index >= 15 is 0 Å². The molecule has 1 aromatic rings. The molecule has 0 bridgehead atoms. The second-order valence-corrected chi connectivity index (χ2v) is 6.46. The summed E-state index contributed by atoms with van der Waals surface area (Å²) in [6.45, 7) is 1.91. The highest BCUT2D eigenvalue weighted by molar-refractivity contribution is 7.85. The van der Waals surface area contributed by atoms with Crippen molar-refractivity contribution in [2.45, 2.75) is 36.5 Å². The first kappa shape index (κ1) is 12.9. The van der Waals surface area contributed by atoms with Crippen LogP contribution >= 0.6 is 11.6 Å². The average Bonchev–Trinajstić information content (AvgIpc) is 2.97. The average molecular weight is 275 g/mol. The van der Waals surface area contributed by atoms with Gasteiger partial charge in [-0.1, -0.05) is 17.7 Å². The van der Waals surface area contributed by atoms with Gasteiger partial charge in [-0.15, -0.1) is 11.6 Å². The number of aryl methyl sites for hydroxylation is 1. The van der Waals surface area contributed by atoms with E-state index in [9.17, 15) is 13.0 Å². The summed E-state index contributed by atoms with van der Waals surface area (Å²) in [5.74, 6) is 0.499. The number of benzene rings is 1. The van der Waals surface area contributed by atoms with E-state index in [-0.39, 0.29) is 10.3 Å². The molecule has 0 radical (unpaired) electrons. The summed E-state index contributed by atoms with van der Waals surface area (Å²) in [6, 6.07) is 5.03. The summed E-state index contributed by atoms with van der Waals surface area (Å²) in [5, 5.41) is 0. The molecular weight excluding hydrogens is 260 g/mol. The zero-order chi connectivity index (χ0) is 12.7. The van der Waals surface area contributed by atoms with Gasteiger partial charge in [-0.3, -0.25) is 4.55 Å². The van der Waals surface area contributed by atoms with E-state index in [0.717, 1.165) is 30.4 Å². The maximum atomic E-state index is 11.4. The van der Waals surface area contributed by atoms with Gasteiger partial charge in [-0.05, 0) is 43.2 Å². The molecule has 17 heavy (non-hydrogen) atoms. The fraction of sp³-hybridized carbons (Fsp3) is 0.500. The molecule has 0 unspecified atom stereocenters. The lowest BCUT2D eigenvalue weighted by Crippen LogP contribution is -2.14. The Morgan fingerprint density at radius 1 is 1.41 bits per heavy atom. The van der Waals surface area contributed by atoms with E-state index in [1.165, 1.54) is 6.07 Å². The van der Waals surface area contributed by atoms with Gasteiger partial charge in [0.1, 0.15) is 0 Å². The smallest absolute Gasteiger partial charge is 0.282 e. The molecule has 1 aliphatic carbocycles. The third-order valence-electron chi connectivity index (χ3n) is 3.41. The predicted molar refractivity (Wildman–Crippen MR) is 67.2 cm³/mol. The Kier molecular flexibility index (Phi) is 3.23. The number of rotatable bonds is 4. The maximum absolute atomic E-state index is 11.4. The molecule has 1 fully saturated rings. The third kappa shape index (κ3) is 2.49. The van der Waals surface area contributed by atoms with Gasteiger partial charge in [0.25, 0.3) is 10.1 Å². The highest BCUT2D eigenvalue weighted by Crippen LogP contribution is 2.53. The van der Waals surface area contributed by atoms with Gasteiger partial charge in [0.05, 0.1) is 4.90 Å². The largest absolute Gasteiger partial charge is 0.294 e. The minimum Gasteiger partial charge on any atom is -0.282 e. The van der Waals surface area contributed by atoms with Crippen molar-refractivity contribution in [2.75, 3.05) is 5.88 Å². The molecular formula is C12H15ClO3S. The minimum atomic E-state index is -4.15. The Morgan fingerprint density at radius 2 is 2.06 bits per heavy atom. The van der Waals surface area contributed by atoms with Crippen LogP contribution in [0.5, 0.6) is 0 Å². The standard InChI is InChI=1S/C12H15ClO3S/c1-9-2-3-11(17(14,15)16)10(8-9)12(4-5-12)6-7-13/h2-3,8H,4-7H2,1H3,(H,14,15,16). The monoisotopic (exact) mass is 274 g/mol. The Labute approximate surface area is 107 Å². The third-order valence-corrected chi connectivity index (χ3v) is 4.51. The van der Waals surface area contributed by atoms with Crippen molar-refractivity contribution < 1.29 is 13.0 Å². The zero-order valence-electron chi connectivity index (χ0n) is 9.61. The van der Waals surface area contributed by atoms with Gasteiger partial charge >= 0.3 is 0 Å². The number of halogens is 1. The lowest BCUT2D eigenvalue weighted by Gasteiger charge is -2.17.